The molecule has 0 aliphatic heterocycles. The molecule has 0 radical (unpaired) electrons. The quantitative estimate of drug-likeness (QED) is 0.505. The van der Waals surface area contributed by atoms with Gasteiger partial charge in [-0.3, -0.25) is 0 Å². The highest BCUT2D eigenvalue weighted by atomic mass is 32.2. The standard InChI is InChI=1S/C18H16F6O6S/c1-15(27,17(19,20)21)11-7-9(3-5-13(11)25)31(29,30)10-4-6-14(26)12(8-10)16(2,28)18(22,23)24/h3-8,25-28H,1-2H3. The highest BCUT2D eigenvalue weighted by Crippen LogP contribution is 2.45. The Kier molecular flexibility index (Phi) is 5.81. The molecule has 172 valence electrons. The number of sulfone groups is 1. The molecule has 2 unspecified atom stereocenters. The summed E-state index contributed by atoms with van der Waals surface area (Å²) in [6.45, 7) is 0.551. The lowest BCUT2D eigenvalue weighted by atomic mass is 9.94. The summed E-state index contributed by atoms with van der Waals surface area (Å²) in [7, 11) is -4.81. The Balaban J connectivity index is 2.70. The average Bonchev–Trinajstić information content (AvgIpc) is 2.59. The van der Waals surface area contributed by atoms with Gasteiger partial charge in [0.25, 0.3) is 0 Å². The number of benzene rings is 2. The lowest BCUT2D eigenvalue weighted by Crippen LogP contribution is -2.39. The van der Waals surface area contributed by atoms with Gasteiger partial charge < -0.3 is 20.4 Å². The van der Waals surface area contributed by atoms with E-state index in [2.05, 4.69) is 0 Å². The summed E-state index contributed by atoms with van der Waals surface area (Å²) in [4.78, 5) is -1.79. The summed E-state index contributed by atoms with van der Waals surface area (Å²) in [5.74, 6) is -2.15. The lowest BCUT2D eigenvalue weighted by Gasteiger charge is -2.28. The molecule has 0 heterocycles. The number of rotatable bonds is 4. The zero-order chi connectivity index (χ0) is 24.2. The zero-order valence-corrected chi connectivity index (χ0v) is 16.6. The van der Waals surface area contributed by atoms with E-state index in [9.17, 15) is 55.2 Å². The summed E-state index contributed by atoms with van der Waals surface area (Å²) in [5.41, 5.74) is -9.71. The largest absolute Gasteiger partial charge is 0.508 e. The second-order valence-corrected chi connectivity index (χ2v) is 8.95. The number of aliphatic hydroxyl groups is 2. The fourth-order valence-corrected chi connectivity index (χ4v) is 3.90. The molecule has 0 saturated heterocycles. The number of aromatic hydroxyl groups is 2. The topological polar surface area (TPSA) is 115 Å². The molecule has 0 aromatic heterocycles. The van der Waals surface area contributed by atoms with Gasteiger partial charge in [0.2, 0.25) is 9.84 Å². The molecule has 2 aromatic carbocycles. The molecule has 0 aliphatic rings. The van der Waals surface area contributed by atoms with E-state index in [1.54, 1.807) is 0 Å². The van der Waals surface area contributed by atoms with E-state index in [1.165, 1.54) is 0 Å². The van der Waals surface area contributed by atoms with Gasteiger partial charge >= 0.3 is 12.4 Å². The van der Waals surface area contributed by atoms with Crippen molar-refractivity contribution in [2.45, 2.75) is 47.2 Å². The second kappa shape index (κ2) is 7.28. The molecule has 0 spiro atoms. The number of halogens is 6. The third-order valence-corrected chi connectivity index (χ3v) is 6.46. The Morgan fingerprint density at radius 3 is 1.23 bits per heavy atom. The maximum Gasteiger partial charge on any atom is 0.421 e. The molecule has 4 N–H and O–H groups in total. The Bertz CT molecular complexity index is 1020. The molecule has 0 aliphatic carbocycles. The highest BCUT2D eigenvalue weighted by molar-refractivity contribution is 7.91. The van der Waals surface area contributed by atoms with E-state index in [4.69, 9.17) is 0 Å². The smallest absolute Gasteiger partial charge is 0.421 e. The van der Waals surface area contributed by atoms with E-state index in [1.807, 2.05) is 0 Å². The van der Waals surface area contributed by atoms with Crippen LogP contribution in [0, 0.1) is 0 Å². The van der Waals surface area contributed by atoms with Crippen LogP contribution in [-0.4, -0.2) is 41.2 Å². The molecule has 2 atom stereocenters. The summed E-state index contributed by atoms with van der Waals surface area (Å²) in [6, 6.07) is 3.13. The van der Waals surface area contributed by atoms with E-state index >= 15 is 0 Å². The molecule has 2 aromatic rings. The summed E-state index contributed by atoms with van der Waals surface area (Å²) >= 11 is 0. The maximum atomic E-state index is 13.1. The summed E-state index contributed by atoms with van der Waals surface area (Å²) in [6.07, 6.45) is -10.6. The molecule has 31 heavy (non-hydrogen) atoms. The Morgan fingerprint density at radius 1 is 0.677 bits per heavy atom. The van der Waals surface area contributed by atoms with Gasteiger partial charge in [-0.2, -0.15) is 26.3 Å². The van der Waals surface area contributed by atoms with Crippen molar-refractivity contribution in [1.82, 2.24) is 0 Å². The van der Waals surface area contributed by atoms with Crippen LogP contribution in [-0.2, 0) is 21.0 Å². The third kappa shape index (κ3) is 4.16. The van der Waals surface area contributed by atoms with Crippen LogP contribution in [0.4, 0.5) is 26.3 Å². The van der Waals surface area contributed by atoms with Gasteiger partial charge in [0.1, 0.15) is 11.5 Å². The number of phenolic OH excluding ortho intramolecular Hbond substituents is 2. The van der Waals surface area contributed by atoms with Crippen molar-refractivity contribution in [1.29, 1.82) is 0 Å². The molecular formula is C18H16F6O6S. The predicted molar refractivity (Wildman–Crippen MR) is 92.9 cm³/mol. The molecule has 0 fully saturated rings. The number of phenols is 2. The lowest BCUT2D eigenvalue weighted by molar-refractivity contribution is -0.259. The summed E-state index contributed by atoms with van der Waals surface area (Å²) in [5, 5.41) is 38.9. The molecule has 2 rings (SSSR count). The Labute approximate surface area is 171 Å². The van der Waals surface area contributed by atoms with Crippen molar-refractivity contribution in [3.8, 4) is 11.5 Å². The molecule has 13 heteroatoms. The average molecular weight is 474 g/mol. The normalized spacial score (nSPS) is 17.1. The van der Waals surface area contributed by atoms with Crippen LogP contribution in [0.15, 0.2) is 46.2 Å². The van der Waals surface area contributed by atoms with Crippen LogP contribution >= 0.6 is 0 Å². The van der Waals surface area contributed by atoms with E-state index in [0.29, 0.717) is 36.4 Å². The predicted octanol–water partition coefficient (Wildman–Crippen LogP) is 3.47. The van der Waals surface area contributed by atoms with Crippen molar-refractivity contribution < 1.29 is 55.2 Å². The minimum absolute atomic E-state index is 0.275. The zero-order valence-electron chi connectivity index (χ0n) is 15.7. The van der Waals surface area contributed by atoms with Crippen molar-refractivity contribution in [3.63, 3.8) is 0 Å². The molecule has 6 nitrogen and oxygen atoms in total. The first-order valence-corrected chi connectivity index (χ1v) is 9.73. The fraction of sp³-hybridized carbons (Fsp3) is 0.333. The van der Waals surface area contributed by atoms with Gasteiger partial charge in [-0.15, -0.1) is 0 Å². The summed E-state index contributed by atoms with van der Waals surface area (Å²) < 4.78 is 104. The van der Waals surface area contributed by atoms with Gasteiger partial charge in [0, 0.05) is 11.1 Å². The van der Waals surface area contributed by atoms with E-state index < -0.39 is 65.8 Å². The van der Waals surface area contributed by atoms with Gasteiger partial charge in [0.05, 0.1) is 9.79 Å². The minimum atomic E-state index is -5.30. The molecule has 0 amide bonds. The SMILES string of the molecule is CC(O)(c1cc(S(=O)(=O)c2ccc(O)c(C(C)(O)C(F)(F)F)c2)ccc1O)C(F)(F)F. The van der Waals surface area contributed by atoms with Gasteiger partial charge in [-0.1, -0.05) is 0 Å². The van der Waals surface area contributed by atoms with Crippen molar-refractivity contribution in [2.24, 2.45) is 0 Å². The third-order valence-electron chi connectivity index (χ3n) is 4.71. The molecule has 0 saturated carbocycles. The van der Waals surface area contributed by atoms with Crippen LogP contribution in [0.1, 0.15) is 25.0 Å². The monoisotopic (exact) mass is 474 g/mol. The Morgan fingerprint density at radius 2 is 0.968 bits per heavy atom. The van der Waals surface area contributed by atoms with Crippen LogP contribution in [0.5, 0.6) is 11.5 Å². The second-order valence-electron chi connectivity index (χ2n) is 7.00. The van der Waals surface area contributed by atoms with Crippen molar-refractivity contribution in [2.75, 3.05) is 0 Å². The molecular weight excluding hydrogens is 458 g/mol. The number of alkyl halides is 6. The maximum absolute atomic E-state index is 13.1. The van der Waals surface area contributed by atoms with Crippen LogP contribution in [0.2, 0.25) is 0 Å². The van der Waals surface area contributed by atoms with E-state index in [-0.39, 0.29) is 13.8 Å². The van der Waals surface area contributed by atoms with E-state index in [0.717, 1.165) is 0 Å². The first-order valence-electron chi connectivity index (χ1n) is 8.25. The van der Waals surface area contributed by atoms with Gasteiger partial charge in [-0.25, -0.2) is 8.42 Å². The minimum Gasteiger partial charge on any atom is -0.508 e. The van der Waals surface area contributed by atoms with Crippen molar-refractivity contribution >= 4 is 9.84 Å². The van der Waals surface area contributed by atoms with Gasteiger partial charge in [0.15, 0.2) is 11.2 Å². The van der Waals surface area contributed by atoms with Crippen LogP contribution < -0.4 is 0 Å². The highest BCUT2D eigenvalue weighted by Gasteiger charge is 2.54. The van der Waals surface area contributed by atoms with Crippen LogP contribution in [0.25, 0.3) is 0 Å². The fourth-order valence-electron chi connectivity index (χ4n) is 2.59. The van der Waals surface area contributed by atoms with Gasteiger partial charge in [-0.05, 0) is 50.2 Å². The molecule has 0 bridgehead atoms. The Hall–Kier alpha value is -2.51. The first-order chi connectivity index (χ1) is 13.7. The van der Waals surface area contributed by atoms with Crippen LogP contribution in [0.3, 0.4) is 0 Å². The van der Waals surface area contributed by atoms with Crippen molar-refractivity contribution in [3.05, 3.63) is 47.5 Å². The number of hydrogen-bond donors (Lipinski definition) is 4. The number of hydrogen-bond acceptors (Lipinski definition) is 6. The first kappa shape index (κ1) is 24.8.